The van der Waals surface area contributed by atoms with Crippen molar-refractivity contribution in [3.8, 4) is 0 Å². The van der Waals surface area contributed by atoms with Crippen LogP contribution >= 0.6 is 11.8 Å². The minimum Gasteiger partial charge on any atom is -0.356 e. The average Bonchev–Trinajstić information content (AvgIpc) is 2.81. The summed E-state index contributed by atoms with van der Waals surface area (Å²) in [4.78, 5) is 26.6. The summed E-state index contributed by atoms with van der Waals surface area (Å²) in [6.07, 6.45) is 11.6. The van der Waals surface area contributed by atoms with Crippen molar-refractivity contribution >= 4 is 23.6 Å². The molecule has 2 fully saturated rings. The van der Waals surface area contributed by atoms with Gasteiger partial charge in [0.25, 0.3) is 0 Å². The lowest BCUT2D eigenvalue weighted by Crippen LogP contribution is -2.50. The zero-order valence-corrected chi connectivity index (χ0v) is 14.6. The first-order valence-corrected chi connectivity index (χ1v) is 10.2. The maximum Gasteiger partial charge on any atom is 0.224 e. The summed E-state index contributed by atoms with van der Waals surface area (Å²) in [6.45, 7) is 1.39. The molecular weight excluding hydrogens is 296 g/mol. The molecule has 126 valence electrons. The summed E-state index contributed by atoms with van der Waals surface area (Å²) in [5.41, 5.74) is 0. The van der Waals surface area contributed by atoms with Crippen molar-refractivity contribution in [3.05, 3.63) is 0 Å². The van der Waals surface area contributed by atoms with Gasteiger partial charge >= 0.3 is 0 Å². The second kappa shape index (κ2) is 9.43. The van der Waals surface area contributed by atoms with Crippen molar-refractivity contribution in [2.24, 2.45) is 5.92 Å². The van der Waals surface area contributed by atoms with Gasteiger partial charge in [0.2, 0.25) is 11.8 Å². The Morgan fingerprint density at radius 1 is 1.23 bits per heavy atom. The summed E-state index contributed by atoms with van der Waals surface area (Å²) in [5.74, 6) is 1.48. The number of piperidine rings is 1. The van der Waals surface area contributed by atoms with Gasteiger partial charge in [-0.15, -0.1) is 0 Å². The van der Waals surface area contributed by atoms with Gasteiger partial charge in [-0.1, -0.05) is 25.7 Å². The Morgan fingerprint density at radius 3 is 2.64 bits per heavy atom. The predicted molar refractivity (Wildman–Crippen MR) is 91.9 cm³/mol. The minimum atomic E-state index is -0.00441. The number of likely N-dealkylation sites (tertiary alicyclic amines) is 1. The Morgan fingerprint density at radius 2 is 1.95 bits per heavy atom. The molecule has 2 aliphatic rings. The van der Waals surface area contributed by atoms with E-state index < -0.39 is 0 Å². The van der Waals surface area contributed by atoms with E-state index in [1.807, 2.05) is 4.90 Å². The van der Waals surface area contributed by atoms with Gasteiger partial charge in [0.1, 0.15) is 0 Å². The van der Waals surface area contributed by atoms with Crippen LogP contribution in [0.2, 0.25) is 0 Å². The molecule has 2 rings (SSSR count). The third-order valence-corrected chi connectivity index (χ3v) is 5.60. The molecule has 1 saturated heterocycles. The largest absolute Gasteiger partial charge is 0.356 e. The fourth-order valence-corrected chi connectivity index (χ4v) is 4.01. The molecule has 1 saturated carbocycles. The summed E-state index contributed by atoms with van der Waals surface area (Å²) >= 11 is 1.81. The van der Waals surface area contributed by atoms with Gasteiger partial charge in [-0.05, 0) is 37.7 Å². The smallest absolute Gasteiger partial charge is 0.224 e. The summed E-state index contributed by atoms with van der Waals surface area (Å²) in [7, 11) is 0. The number of carbonyl (C=O) groups is 2. The van der Waals surface area contributed by atoms with Gasteiger partial charge in [-0.3, -0.25) is 9.59 Å². The van der Waals surface area contributed by atoms with Crippen LogP contribution in [0.25, 0.3) is 0 Å². The molecule has 1 aliphatic heterocycles. The van der Waals surface area contributed by atoms with E-state index in [4.69, 9.17) is 0 Å². The van der Waals surface area contributed by atoms with Crippen LogP contribution < -0.4 is 5.32 Å². The van der Waals surface area contributed by atoms with Crippen LogP contribution in [0.15, 0.2) is 0 Å². The van der Waals surface area contributed by atoms with Crippen molar-refractivity contribution in [1.29, 1.82) is 0 Å². The molecule has 0 bridgehead atoms. The first-order chi connectivity index (χ1) is 10.7. The summed E-state index contributed by atoms with van der Waals surface area (Å²) < 4.78 is 0. The first-order valence-electron chi connectivity index (χ1n) is 8.78. The highest BCUT2D eigenvalue weighted by atomic mass is 32.2. The Hall–Kier alpha value is -0.710. The number of carbonyl (C=O) groups excluding carboxylic acids is 2. The van der Waals surface area contributed by atoms with Crippen LogP contribution in [0, 0.1) is 5.92 Å². The standard InChI is InChI=1S/C17H30N2O2S/c1-22-12-6-11-18-17(21)14-9-10-16(20)19(13-14)15-7-4-2-3-5-8-15/h14-15H,2-13H2,1H3,(H,18,21)/t14-/m0/s1. The Labute approximate surface area is 138 Å². The van der Waals surface area contributed by atoms with Crippen molar-refractivity contribution < 1.29 is 9.59 Å². The Bertz CT molecular complexity index is 368. The van der Waals surface area contributed by atoms with E-state index in [-0.39, 0.29) is 17.7 Å². The Kier molecular flexibility index (Phi) is 7.56. The third-order valence-electron chi connectivity index (χ3n) is 4.90. The molecule has 1 heterocycles. The van der Waals surface area contributed by atoms with Gasteiger partial charge < -0.3 is 10.2 Å². The van der Waals surface area contributed by atoms with E-state index in [2.05, 4.69) is 11.6 Å². The highest BCUT2D eigenvalue weighted by molar-refractivity contribution is 7.98. The molecule has 0 spiro atoms. The molecule has 1 N–H and O–H groups in total. The van der Waals surface area contributed by atoms with E-state index >= 15 is 0 Å². The van der Waals surface area contributed by atoms with E-state index in [9.17, 15) is 9.59 Å². The van der Waals surface area contributed by atoms with Gasteiger partial charge in [0, 0.05) is 25.6 Å². The lowest BCUT2D eigenvalue weighted by atomic mass is 9.93. The molecule has 1 aliphatic carbocycles. The SMILES string of the molecule is CSCCCNC(=O)[C@H]1CCC(=O)N(C2CCCCCC2)C1. The van der Waals surface area contributed by atoms with Crippen molar-refractivity contribution in [3.63, 3.8) is 0 Å². The number of hydrogen-bond donors (Lipinski definition) is 1. The van der Waals surface area contributed by atoms with Gasteiger partial charge in [0.15, 0.2) is 0 Å². The number of hydrogen-bond acceptors (Lipinski definition) is 3. The van der Waals surface area contributed by atoms with Crippen LogP contribution in [0.3, 0.4) is 0 Å². The van der Waals surface area contributed by atoms with E-state index in [0.29, 0.717) is 19.0 Å². The van der Waals surface area contributed by atoms with Crippen molar-refractivity contribution in [2.75, 3.05) is 25.1 Å². The van der Waals surface area contributed by atoms with Crippen molar-refractivity contribution in [2.45, 2.75) is 63.8 Å². The minimum absolute atomic E-state index is 0.00441. The quantitative estimate of drug-likeness (QED) is 0.603. The van der Waals surface area contributed by atoms with Gasteiger partial charge in [-0.25, -0.2) is 0 Å². The van der Waals surface area contributed by atoms with E-state index in [1.165, 1.54) is 25.7 Å². The molecule has 0 unspecified atom stereocenters. The predicted octanol–water partition coefficient (Wildman–Crippen LogP) is 2.82. The Balaban J connectivity index is 1.84. The number of amides is 2. The molecule has 4 nitrogen and oxygen atoms in total. The van der Waals surface area contributed by atoms with Crippen LogP contribution in [0.5, 0.6) is 0 Å². The second-order valence-electron chi connectivity index (χ2n) is 6.56. The fraction of sp³-hybridized carbons (Fsp3) is 0.882. The first kappa shape index (κ1) is 17.6. The summed E-state index contributed by atoms with van der Waals surface area (Å²) in [5, 5.41) is 3.05. The number of thioether (sulfide) groups is 1. The number of nitrogens with zero attached hydrogens (tertiary/aromatic N) is 1. The van der Waals surface area contributed by atoms with Crippen LogP contribution in [0.4, 0.5) is 0 Å². The average molecular weight is 327 g/mol. The molecule has 0 aromatic rings. The maximum atomic E-state index is 12.3. The van der Waals surface area contributed by atoms with E-state index in [0.717, 1.165) is 38.0 Å². The van der Waals surface area contributed by atoms with E-state index in [1.54, 1.807) is 11.8 Å². The van der Waals surface area contributed by atoms with Crippen LogP contribution in [-0.2, 0) is 9.59 Å². The summed E-state index contributed by atoms with van der Waals surface area (Å²) in [6, 6.07) is 0.377. The zero-order chi connectivity index (χ0) is 15.8. The molecule has 0 aromatic heterocycles. The zero-order valence-electron chi connectivity index (χ0n) is 13.8. The molecular formula is C17H30N2O2S. The molecule has 2 amide bonds. The topological polar surface area (TPSA) is 49.4 Å². The molecule has 5 heteroatoms. The highest BCUT2D eigenvalue weighted by Crippen LogP contribution is 2.27. The lowest BCUT2D eigenvalue weighted by Gasteiger charge is -2.37. The molecule has 1 atom stereocenters. The second-order valence-corrected chi connectivity index (χ2v) is 7.55. The fourth-order valence-electron chi connectivity index (χ4n) is 3.58. The number of rotatable bonds is 6. The molecule has 0 radical (unpaired) electrons. The van der Waals surface area contributed by atoms with Gasteiger partial charge in [0.05, 0.1) is 5.92 Å². The van der Waals surface area contributed by atoms with Crippen molar-refractivity contribution in [1.82, 2.24) is 10.2 Å². The maximum absolute atomic E-state index is 12.3. The molecule has 22 heavy (non-hydrogen) atoms. The monoisotopic (exact) mass is 326 g/mol. The highest BCUT2D eigenvalue weighted by Gasteiger charge is 2.34. The lowest BCUT2D eigenvalue weighted by molar-refractivity contribution is -0.141. The van der Waals surface area contributed by atoms with Crippen LogP contribution in [-0.4, -0.2) is 47.9 Å². The van der Waals surface area contributed by atoms with Crippen LogP contribution in [0.1, 0.15) is 57.8 Å². The molecule has 0 aromatic carbocycles. The third kappa shape index (κ3) is 5.18. The number of nitrogens with one attached hydrogen (secondary N) is 1. The van der Waals surface area contributed by atoms with Gasteiger partial charge in [-0.2, -0.15) is 11.8 Å². The normalized spacial score (nSPS) is 24.1.